The van der Waals surface area contributed by atoms with Crippen LogP contribution in [0.15, 0.2) is 91.0 Å². The van der Waals surface area contributed by atoms with Gasteiger partial charge in [-0.05, 0) is 36.0 Å². The molecule has 0 saturated carbocycles. The molecular formula is C31H36N2O3. The van der Waals surface area contributed by atoms with E-state index in [2.05, 4.69) is 65.6 Å². The average Bonchev–Trinajstić information content (AvgIpc) is 2.93. The van der Waals surface area contributed by atoms with Gasteiger partial charge in [-0.1, -0.05) is 91.0 Å². The first-order valence-corrected chi connectivity index (χ1v) is 13.0. The van der Waals surface area contributed by atoms with Crippen LogP contribution in [0, 0.1) is 0 Å². The van der Waals surface area contributed by atoms with Crippen LogP contribution in [-0.4, -0.2) is 54.5 Å². The maximum atomic E-state index is 12.8. The highest BCUT2D eigenvalue weighted by Gasteiger charge is 2.28. The van der Waals surface area contributed by atoms with Gasteiger partial charge in [-0.2, -0.15) is 0 Å². The van der Waals surface area contributed by atoms with Gasteiger partial charge in [0, 0.05) is 39.0 Å². The number of carbonyl (C=O) groups excluding carboxylic acids is 2. The van der Waals surface area contributed by atoms with Crippen molar-refractivity contribution in [2.45, 2.75) is 38.1 Å². The molecule has 0 atom stereocenters. The Labute approximate surface area is 214 Å². The minimum absolute atomic E-state index is 0.127. The van der Waals surface area contributed by atoms with Crippen molar-refractivity contribution >= 4 is 11.9 Å². The fourth-order valence-corrected chi connectivity index (χ4v) is 4.84. The lowest BCUT2D eigenvalue weighted by molar-refractivity contribution is -0.144. The van der Waals surface area contributed by atoms with Crippen molar-refractivity contribution < 1.29 is 14.3 Å². The minimum Gasteiger partial charge on any atom is -0.466 e. The molecule has 3 aromatic rings. The Bertz CT molecular complexity index is 1030. The van der Waals surface area contributed by atoms with E-state index in [1.165, 1.54) is 16.7 Å². The number of hydrogen-bond donors (Lipinski definition) is 0. The molecule has 5 heteroatoms. The number of nitrogens with zero attached hydrogens (tertiary/aromatic N) is 2. The first-order chi connectivity index (χ1) is 17.7. The lowest BCUT2D eigenvalue weighted by Gasteiger charge is -2.40. The van der Waals surface area contributed by atoms with E-state index in [-0.39, 0.29) is 17.9 Å². The number of hydrogen-bond acceptors (Lipinski definition) is 4. The topological polar surface area (TPSA) is 49.9 Å². The molecule has 0 unspecified atom stereocenters. The van der Waals surface area contributed by atoms with Gasteiger partial charge in [-0.25, -0.2) is 0 Å². The van der Waals surface area contributed by atoms with E-state index in [0.29, 0.717) is 39.0 Å². The molecular weight excluding hydrogens is 448 g/mol. The molecule has 0 aliphatic carbocycles. The van der Waals surface area contributed by atoms with Crippen LogP contribution >= 0.6 is 0 Å². The first kappa shape index (κ1) is 25.6. The number of esters is 1. The third-order valence-electron chi connectivity index (χ3n) is 6.75. The summed E-state index contributed by atoms with van der Waals surface area (Å²) in [6.45, 7) is 3.48. The van der Waals surface area contributed by atoms with Crippen molar-refractivity contribution in [1.29, 1.82) is 0 Å². The summed E-state index contributed by atoms with van der Waals surface area (Å²) in [5.74, 6) is -0.0863. The van der Waals surface area contributed by atoms with Crippen LogP contribution in [-0.2, 0) is 20.7 Å². The van der Waals surface area contributed by atoms with Crippen molar-refractivity contribution in [2.24, 2.45) is 0 Å². The Morgan fingerprint density at radius 2 is 1.25 bits per heavy atom. The molecule has 1 aliphatic rings. The molecule has 1 fully saturated rings. The van der Waals surface area contributed by atoms with Crippen molar-refractivity contribution in [2.75, 3.05) is 32.8 Å². The Morgan fingerprint density at radius 3 is 1.83 bits per heavy atom. The van der Waals surface area contributed by atoms with Gasteiger partial charge in [0.15, 0.2) is 0 Å². The first-order valence-electron chi connectivity index (χ1n) is 13.0. The van der Waals surface area contributed by atoms with E-state index in [1.807, 2.05) is 35.2 Å². The predicted octanol–water partition coefficient (Wildman–Crippen LogP) is 5.27. The number of amides is 1. The van der Waals surface area contributed by atoms with E-state index in [9.17, 15) is 9.59 Å². The highest BCUT2D eigenvalue weighted by molar-refractivity contribution is 5.77. The Kier molecular flexibility index (Phi) is 9.69. The second kappa shape index (κ2) is 13.6. The molecule has 188 valence electrons. The second-order valence-corrected chi connectivity index (χ2v) is 9.30. The van der Waals surface area contributed by atoms with Crippen molar-refractivity contribution in [3.8, 4) is 0 Å². The number of carbonyl (C=O) groups is 2. The van der Waals surface area contributed by atoms with Crippen LogP contribution in [0.3, 0.4) is 0 Å². The van der Waals surface area contributed by atoms with Crippen LogP contribution in [0.4, 0.5) is 0 Å². The highest BCUT2D eigenvalue weighted by Crippen LogP contribution is 2.29. The van der Waals surface area contributed by atoms with E-state index >= 15 is 0 Å². The van der Waals surface area contributed by atoms with Gasteiger partial charge >= 0.3 is 5.97 Å². The highest BCUT2D eigenvalue weighted by atomic mass is 16.5. The molecule has 0 aromatic heterocycles. The van der Waals surface area contributed by atoms with Gasteiger partial charge in [0.1, 0.15) is 0 Å². The van der Waals surface area contributed by atoms with E-state index in [1.54, 1.807) is 0 Å². The number of ether oxygens (including phenoxy) is 1. The summed E-state index contributed by atoms with van der Waals surface area (Å²) >= 11 is 0. The summed E-state index contributed by atoms with van der Waals surface area (Å²) in [5, 5.41) is 0. The van der Waals surface area contributed by atoms with E-state index < -0.39 is 0 Å². The Hall–Kier alpha value is -3.44. The molecule has 5 nitrogen and oxygen atoms in total. The largest absolute Gasteiger partial charge is 0.466 e. The molecule has 0 spiro atoms. The molecule has 4 rings (SSSR count). The zero-order chi connectivity index (χ0) is 25.0. The van der Waals surface area contributed by atoms with Crippen LogP contribution < -0.4 is 0 Å². The Balaban J connectivity index is 1.17. The fourth-order valence-electron chi connectivity index (χ4n) is 4.84. The fraction of sp³-hybridized carbons (Fsp3) is 0.355. The smallest absolute Gasteiger partial charge is 0.305 e. The number of piperazine rings is 1. The summed E-state index contributed by atoms with van der Waals surface area (Å²) in [6.07, 6.45) is 2.92. The average molecular weight is 485 g/mol. The van der Waals surface area contributed by atoms with Crippen molar-refractivity contribution in [3.63, 3.8) is 0 Å². The van der Waals surface area contributed by atoms with Crippen LogP contribution in [0.5, 0.6) is 0 Å². The van der Waals surface area contributed by atoms with E-state index in [4.69, 9.17) is 4.74 Å². The maximum Gasteiger partial charge on any atom is 0.305 e. The molecule has 1 aliphatic heterocycles. The van der Waals surface area contributed by atoms with Gasteiger partial charge in [-0.15, -0.1) is 0 Å². The summed E-state index contributed by atoms with van der Waals surface area (Å²) in [6, 6.07) is 31.5. The lowest BCUT2D eigenvalue weighted by Crippen LogP contribution is -2.49. The standard InChI is InChI=1S/C31H36N2O3/c34-29(19-10-20-30(35)36-25-11-14-26-12-4-1-5-13-26)32-21-23-33(24-22-32)31(27-15-6-2-7-16-27)28-17-8-3-9-18-28/h1-9,12-13,15-18,31H,10-11,14,19-25H2. The third kappa shape index (κ3) is 7.53. The molecule has 0 N–H and O–H groups in total. The minimum atomic E-state index is -0.214. The van der Waals surface area contributed by atoms with Gasteiger partial charge in [0.2, 0.25) is 5.91 Å². The molecule has 3 aromatic carbocycles. The molecule has 1 saturated heterocycles. The summed E-state index contributed by atoms with van der Waals surface area (Å²) < 4.78 is 5.35. The van der Waals surface area contributed by atoms with Crippen LogP contribution in [0.2, 0.25) is 0 Å². The second-order valence-electron chi connectivity index (χ2n) is 9.30. The normalized spacial score (nSPS) is 14.1. The zero-order valence-electron chi connectivity index (χ0n) is 20.9. The SMILES string of the molecule is O=C(CCCC(=O)N1CCN(C(c2ccccc2)c2ccccc2)CC1)OCCCc1ccccc1. The number of aryl methyl sites for hydroxylation is 1. The lowest BCUT2D eigenvalue weighted by atomic mass is 9.96. The summed E-state index contributed by atoms with van der Waals surface area (Å²) in [5.41, 5.74) is 3.79. The van der Waals surface area contributed by atoms with Gasteiger partial charge in [-0.3, -0.25) is 14.5 Å². The quantitative estimate of drug-likeness (QED) is 0.275. The molecule has 0 bridgehead atoms. The summed E-state index contributed by atoms with van der Waals surface area (Å²) in [4.78, 5) is 29.2. The number of rotatable bonds is 11. The van der Waals surface area contributed by atoms with Crippen molar-refractivity contribution in [3.05, 3.63) is 108 Å². The van der Waals surface area contributed by atoms with Crippen LogP contribution in [0.25, 0.3) is 0 Å². The maximum absolute atomic E-state index is 12.8. The monoisotopic (exact) mass is 484 g/mol. The molecule has 1 amide bonds. The Morgan fingerprint density at radius 1 is 0.694 bits per heavy atom. The zero-order valence-corrected chi connectivity index (χ0v) is 20.9. The molecule has 0 radical (unpaired) electrons. The van der Waals surface area contributed by atoms with Crippen molar-refractivity contribution in [1.82, 2.24) is 9.80 Å². The molecule has 36 heavy (non-hydrogen) atoms. The van der Waals surface area contributed by atoms with Gasteiger partial charge in [0.25, 0.3) is 0 Å². The molecule has 1 heterocycles. The van der Waals surface area contributed by atoms with Gasteiger partial charge in [0.05, 0.1) is 12.6 Å². The third-order valence-corrected chi connectivity index (χ3v) is 6.75. The van der Waals surface area contributed by atoms with Gasteiger partial charge < -0.3 is 9.64 Å². The van der Waals surface area contributed by atoms with Crippen LogP contribution in [0.1, 0.15) is 48.4 Å². The summed E-state index contributed by atoms with van der Waals surface area (Å²) in [7, 11) is 0. The predicted molar refractivity (Wildman–Crippen MR) is 142 cm³/mol. The van der Waals surface area contributed by atoms with E-state index in [0.717, 1.165) is 25.9 Å². The number of benzene rings is 3.